The molecule has 2 aromatic carbocycles. The van der Waals surface area contributed by atoms with Gasteiger partial charge in [-0.1, -0.05) is 48.6 Å². The summed E-state index contributed by atoms with van der Waals surface area (Å²) in [5.41, 5.74) is 2.54. The Balaban J connectivity index is 2.15. The van der Waals surface area contributed by atoms with E-state index < -0.39 is 5.97 Å². The number of furan rings is 1. The van der Waals surface area contributed by atoms with Crippen LogP contribution in [-0.2, 0) is 4.79 Å². The minimum Gasteiger partial charge on any atom is -0.481 e. The van der Waals surface area contributed by atoms with Gasteiger partial charge >= 0.3 is 5.97 Å². The van der Waals surface area contributed by atoms with Crippen LogP contribution in [0.25, 0.3) is 28.0 Å². The monoisotopic (exact) mass is 252 g/mol. The van der Waals surface area contributed by atoms with Gasteiger partial charge in [0, 0.05) is 16.3 Å². The van der Waals surface area contributed by atoms with Crippen LogP contribution in [0.5, 0.6) is 0 Å². The number of carboxylic acids is 1. The van der Waals surface area contributed by atoms with E-state index >= 15 is 0 Å². The molecular formula is C16H12O3. The lowest BCUT2D eigenvalue weighted by atomic mass is 10.1. The summed E-state index contributed by atoms with van der Waals surface area (Å²) in [6, 6.07) is 13.7. The molecule has 0 radical (unpaired) electrons. The zero-order valence-corrected chi connectivity index (χ0v) is 10.2. The topological polar surface area (TPSA) is 50.4 Å². The van der Waals surface area contributed by atoms with Crippen molar-refractivity contribution in [3.05, 3.63) is 54.1 Å². The number of hydrogen-bond acceptors (Lipinski definition) is 2. The van der Waals surface area contributed by atoms with Gasteiger partial charge in [-0.15, -0.1) is 0 Å². The number of carboxylic acid groups (broad SMARTS) is 1. The Hall–Kier alpha value is -2.55. The molecule has 0 fully saturated rings. The van der Waals surface area contributed by atoms with Crippen LogP contribution in [-0.4, -0.2) is 11.1 Å². The van der Waals surface area contributed by atoms with Crippen molar-refractivity contribution in [1.29, 1.82) is 0 Å². The van der Waals surface area contributed by atoms with Crippen LogP contribution in [0.3, 0.4) is 0 Å². The average molecular weight is 252 g/mol. The fourth-order valence-corrected chi connectivity index (χ4v) is 2.19. The van der Waals surface area contributed by atoms with E-state index in [-0.39, 0.29) is 6.42 Å². The van der Waals surface area contributed by atoms with E-state index in [2.05, 4.69) is 0 Å². The van der Waals surface area contributed by atoms with Gasteiger partial charge in [0.15, 0.2) is 0 Å². The number of aliphatic carboxylic acids is 1. The number of rotatable bonds is 3. The molecule has 0 unspecified atom stereocenters. The van der Waals surface area contributed by atoms with E-state index in [9.17, 15) is 4.79 Å². The predicted molar refractivity (Wildman–Crippen MR) is 75.0 cm³/mol. The Kier molecular flexibility index (Phi) is 2.80. The number of hydrogen-bond donors (Lipinski definition) is 1. The lowest BCUT2D eigenvalue weighted by Gasteiger charge is -1.94. The van der Waals surface area contributed by atoms with Gasteiger partial charge in [-0.2, -0.15) is 0 Å². The third kappa shape index (κ3) is 2.10. The molecule has 3 aromatic rings. The number of fused-ring (bicyclic) bond motifs is 3. The fraction of sp³-hybridized carbons (Fsp3) is 0.0625. The Labute approximate surface area is 109 Å². The van der Waals surface area contributed by atoms with E-state index in [4.69, 9.17) is 9.52 Å². The molecule has 1 heterocycles. The standard InChI is InChI=1S/C16H12O3/c17-15(18)10-4-6-11-5-3-8-13-12-7-1-2-9-14(12)19-16(11)13/h1-9H,10H2,(H,17,18)/b6-4-. The smallest absolute Gasteiger partial charge is 0.307 e. The van der Waals surface area contributed by atoms with Crippen LogP contribution in [0.1, 0.15) is 12.0 Å². The number of carbonyl (C=O) groups is 1. The van der Waals surface area contributed by atoms with Gasteiger partial charge in [-0.05, 0) is 6.07 Å². The van der Waals surface area contributed by atoms with Gasteiger partial charge in [0.05, 0.1) is 6.42 Å². The second-order valence-electron chi connectivity index (χ2n) is 4.32. The molecule has 3 heteroatoms. The summed E-state index contributed by atoms with van der Waals surface area (Å²) in [6.45, 7) is 0. The zero-order valence-electron chi connectivity index (χ0n) is 10.2. The lowest BCUT2D eigenvalue weighted by molar-refractivity contribution is -0.135. The lowest BCUT2D eigenvalue weighted by Crippen LogP contribution is -1.89. The van der Waals surface area contributed by atoms with Crippen molar-refractivity contribution in [1.82, 2.24) is 0 Å². The molecule has 94 valence electrons. The summed E-state index contributed by atoms with van der Waals surface area (Å²) in [6.07, 6.45) is 3.43. The predicted octanol–water partition coefficient (Wildman–Crippen LogP) is 4.07. The van der Waals surface area contributed by atoms with Gasteiger partial charge in [0.2, 0.25) is 0 Å². The average Bonchev–Trinajstić information content (AvgIpc) is 2.78. The van der Waals surface area contributed by atoms with Crippen molar-refractivity contribution < 1.29 is 14.3 Å². The van der Waals surface area contributed by atoms with Crippen LogP contribution in [0, 0.1) is 0 Å². The highest BCUT2D eigenvalue weighted by Gasteiger charge is 2.08. The van der Waals surface area contributed by atoms with Crippen LogP contribution < -0.4 is 0 Å². The summed E-state index contributed by atoms with van der Waals surface area (Å²) in [5, 5.41) is 10.8. The quantitative estimate of drug-likeness (QED) is 0.764. The molecule has 0 saturated carbocycles. The second-order valence-corrected chi connectivity index (χ2v) is 4.32. The molecule has 0 aliphatic carbocycles. The van der Waals surface area contributed by atoms with Crippen molar-refractivity contribution in [2.45, 2.75) is 6.42 Å². The molecule has 0 atom stereocenters. The molecule has 0 spiro atoms. The first-order chi connectivity index (χ1) is 9.25. The van der Waals surface area contributed by atoms with Gasteiger partial charge in [0.25, 0.3) is 0 Å². The van der Waals surface area contributed by atoms with E-state index in [1.807, 2.05) is 42.5 Å². The first-order valence-corrected chi connectivity index (χ1v) is 6.04. The Bertz CT molecular complexity index is 781. The maximum absolute atomic E-state index is 10.5. The summed E-state index contributed by atoms with van der Waals surface area (Å²) in [7, 11) is 0. The number of para-hydroxylation sites is 2. The number of benzene rings is 2. The molecule has 1 N–H and O–H groups in total. The summed E-state index contributed by atoms with van der Waals surface area (Å²) in [5.74, 6) is -0.840. The minimum absolute atomic E-state index is 0.0105. The third-order valence-corrected chi connectivity index (χ3v) is 3.02. The SMILES string of the molecule is O=C(O)C/C=C\c1cccc2c1oc1ccccc12. The van der Waals surface area contributed by atoms with Gasteiger partial charge in [0.1, 0.15) is 11.2 Å². The van der Waals surface area contributed by atoms with Crippen molar-refractivity contribution in [3.63, 3.8) is 0 Å². The second kappa shape index (κ2) is 4.61. The molecule has 19 heavy (non-hydrogen) atoms. The van der Waals surface area contributed by atoms with E-state index in [1.54, 1.807) is 12.2 Å². The fourth-order valence-electron chi connectivity index (χ4n) is 2.19. The third-order valence-electron chi connectivity index (χ3n) is 3.02. The molecule has 0 aliphatic heterocycles. The van der Waals surface area contributed by atoms with E-state index in [0.717, 1.165) is 27.5 Å². The van der Waals surface area contributed by atoms with E-state index in [1.165, 1.54) is 0 Å². The first-order valence-electron chi connectivity index (χ1n) is 6.04. The van der Waals surface area contributed by atoms with E-state index in [0.29, 0.717) is 0 Å². The highest BCUT2D eigenvalue weighted by molar-refractivity contribution is 6.07. The summed E-state index contributed by atoms with van der Waals surface area (Å²) >= 11 is 0. The molecule has 3 rings (SSSR count). The normalized spacial score (nSPS) is 11.6. The summed E-state index contributed by atoms with van der Waals surface area (Å²) in [4.78, 5) is 10.5. The highest BCUT2D eigenvalue weighted by atomic mass is 16.4. The maximum atomic E-state index is 10.5. The molecular weight excluding hydrogens is 240 g/mol. The molecule has 0 amide bonds. The Morgan fingerprint density at radius 3 is 2.74 bits per heavy atom. The first kappa shape index (κ1) is 11.5. The van der Waals surface area contributed by atoms with Crippen molar-refractivity contribution >= 4 is 34.0 Å². The largest absolute Gasteiger partial charge is 0.481 e. The molecule has 0 aliphatic rings. The zero-order chi connectivity index (χ0) is 13.2. The molecule has 0 saturated heterocycles. The van der Waals surface area contributed by atoms with Crippen LogP contribution >= 0.6 is 0 Å². The Morgan fingerprint density at radius 1 is 1.11 bits per heavy atom. The van der Waals surface area contributed by atoms with Crippen molar-refractivity contribution in [2.75, 3.05) is 0 Å². The van der Waals surface area contributed by atoms with Gasteiger partial charge in [-0.25, -0.2) is 0 Å². The van der Waals surface area contributed by atoms with Gasteiger partial charge in [-0.3, -0.25) is 4.79 Å². The van der Waals surface area contributed by atoms with Crippen LogP contribution in [0.4, 0.5) is 0 Å². The van der Waals surface area contributed by atoms with Crippen molar-refractivity contribution in [2.24, 2.45) is 0 Å². The maximum Gasteiger partial charge on any atom is 0.307 e. The van der Waals surface area contributed by atoms with Crippen molar-refractivity contribution in [3.8, 4) is 0 Å². The molecule has 3 nitrogen and oxygen atoms in total. The highest BCUT2D eigenvalue weighted by Crippen LogP contribution is 2.31. The molecule has 1 aromatic heterocycles. The summed E-state index contributed by atoms with van der Waals surface area (Å²) < 4.78 is 5.84. The van der Waals surface area contributed by atoms with Crippen LogP contribution in [0.15, 0.2) is 53.0 Å². The van der Waals surface area contributed by atoms with Gasteiger partial charge < -0.3 is 9.52 Å². The Morgan fingerprint density at radius 2 is 1.89 bits per heavy atom. The molecule has 0 bridgehead atoms. The van der Waals surface area contributed by atoms with Crippen LogP contribution in [0.2, 0.25) is 0 Å². The minimum atomic E-state index is -0.840.